The van der Waals surface area contributed by atoms with E-state index in [-0.39, 0.29) is 6.04 Å². The lowest BCUT2D eigenvalue weighted by Crippen LogP contribution is -2.08. The summed E-state index contributed by atoms with van der Waals surface area (Å²) in [4.78, 5) is 0. The van der Waals surface area contributed by atoms with Crippen molar-refractivity contribution in [1.82, 2.24) is 0 Å². The van der Waals surface area contributed by atoms with Crippen LogP contribution in [0.5, 0.6) is 5.75 Å². The molecule has 2 N–H and O–H groups in total. The Bertz CT molecular complexity index is 273. The predicted octanol–water partition coefficient (Wildman–Crippen LogP) is 2.89. The number of rotatable bonds is 5. The number of hydrogen-bond donors (Lipinski definition) is 1. The fraction of sp³-hybridized carbons (Fsp3) is 0.500. The maximum Gasteiger partial charge on any atom is 0.119 e. The maximum atomic E-state index is 5.94. The lowest BCUT2D eigenvalue weighted by molar-refractivity contribution is 0.317. The molecule has 1 aromatic rings. The van der Waals surface area contributed by atoms with Crippen LogP contribution in [0.2, 0.25) is 0 Å². The van der Waals surface area contributed by atoms with Crippen molar-refractivity contribution in [2.75, 3.05) is 6.61 Å². The van der Waals surface area contributed by atoms with Gasteiger partial charge in [-0.3, -0.25) is 0 Å². The fourth-order valence-electron chi connectivity index (χ4n) is 1.29. The van der Waals surface area contributed by atoms with E-state index in [4.69, 9.17) is 10.5 Å². The lowest BCUT2D eigenvalue weighted by atomic mass is 10.1. The molecule has 1 rings (SSSR count). The smallest absolute Gasteiger partial charge is 0.119 e. The van der Waals surface area contributed by atoms with Gasteiger partial charge in [-0.2, -0.15) is 0 Å². The first-order valence-corrected chi connectivity index (χ1v) is 5.26. The minimum atomic E-state index is 0.125. The second-order valence-electron chi connectivity index (χ2n) is 3.44. The molecular weight excluding hydrogens is 174 g/mol. The van der Waals surface area contributed by atoms with Crippen LogP contribution in [0.15, 0.2) is 24.3 Å². The molecule has 0 amide bonds. The highest BCUT2D eigenvalue weighted by atomic mass is 16.5. The van der Waals surface area contributed by atoms with Crippen molar-refractivity contribution < 1.29 is 4.74 Å². The number of ether oxygens (including phenoxy) is 1. The van der Waals surface area contributed by atoms with E-state index in [1.165, 1.54) is 0 Å². The van der Waals surface area contributed by atoms with Gasteiger partial charge in [-0.1, -0.05) is 26.0 Å². The molecule has 0 saturated carbocycles. The quantitative estimate of drug-likeness (QED) is 0.780. The Hall–Kier alpha value is -1.02. The molecule has 0 saturated heterocycles. The second kappa shape index (κ2) is 5.66. The van der Waals surface area contributed by atoms with E-state index < -0.39 is 0 Å². The second-order valence-corrected chi connectivity index (χ2v) is 3.44. The first kappa shape index (κ1) is 11.1. The van der Waals surface area contributed by atoms with Crippen molar-refractivity contribution in [3.8, 4) is 5.75 Å². The third-order valence-electron chi connectivity index (χ3n) is 2.20. The fourth-order valence-corrected chi connectivity index (χ4v) is 1.29. The van der Waals surface area contributed by atoms with E-state index in [9.17, 15) is 0 Å². The molecule has 0 bridgehead atoms. The van der Waals surface area contributed by atoms with E-state index in [0.29, 0.717) is 0 Å². The molecule has 0 fully saturated rings. The van der Waals surface area contributed by atoms with Crippen LogP contribution in [0.25, 0.3) is 0 Å². The highest BCUT2D eigenvalue weighted by Crippen LogP contribution is 2.19. The minimum absolute atomic E-state index is 0.125. The van der Waals surface area contributed by atoms with Gasteiger partial charge in [0.25, 0.3) is 0 Å². The van der Waals surface area contributed by atoms with Crippen LogP contribution in [-0.4, -0.2) is 6.61 Å². The van der Waals surface area contributed by atoms with Crippen molar-refractivity contribution in [3.05, 3.63) is 29.8 Å². The minimum Gasteiger partial charge on any atom is -0.494 e. The molecule has 0 unspecified atom stereocenters. The Morgan fingerprint density at radius 3 is 2.79 bits per heavy atom. The van der Waals surface area contributed by atoms with E-state index in [1.807, 2.05) is 24.3 Å². The maximum absolute atomic E-state index is 5.94. The molecule has 2 nitrogen and oxygen atoms in total. The monoisotopic (exact) mass is 193 g/mol. The van der Waals surface area contributed by atoms with Crippen LogP contribution in [-0.2, 0) is 0 Å². The summed E-state index contributed by atoms with van der Waals surface area (Å²) in [6.45, 7) is 4.96. The van der Waals surface area contributed by atoms with Crippen LogP contribution in [0, 0.1) is 0 Å². The summed E-state index contributed by atoms with van der Waals surface area (Å²) in [5.74, 6) is 0.924. The Kier molecular flexibility index (Phi) is 4.47. The summed E-state index contributed by atoms with van der Waals surface area (Å²) >= 11 is 0. The predicted molar refractivity (Wildman–Crippen MR) is 59.4 cm³/mol. The van der Waals surface area contributed by atoms with Gasteiger partial charge in [0.05, 0.1) is 6.61 Å². The van der Waals surface area contributed by atoms with E-state index in [2.05, 4.69) is 13.8 Å². The molecule has 0 aromatic heterocycles. The number of benzene rings is 1. The molecule has 2 heteroatoms. The molecule has 1 atom stereocenters. The van der Waals surface area contributed by atoms with Crippen molar-refractivity contribution in [2.45, 2.75) is 32.7 Å². The van der Waals surface area contributed by atoms with Gasteiger partial charge in [0.15, 0.2) is 0 Å². The van der Waals surface area contributed by atoms with Crippen LogP contribution in [0.1, 0.15) is 38.3 Å². The molecule has 0 aliphatic carbocycles. The Morgan fingerprint density at radius 1 is 1.36 bits per heavy atom. The Morgan fingerprint density at radius 2 is 2.14 bits per heavy atom. The van der Waals surface area contributed by atoms with E-state index >= 15 is 0 Å². The van der Waals surface area contributed by atoms with Gasteiger partial charge in [-0.15, -0.1) is 0 Å². The van der Waals surface area contributed by atoms with Crippen molar-refractivity contribution in [2.24, 2.45) is 5.73 Å². The molecule has 0 spiro atoms. The van der Waals surface area contributed by atoms with Gasteiger partial charge in [-0.05, 0) is 30.5 Å². The van der Waals surface area contributed by atoms with Crippen molar-refractivity contribution >= 4 is 0 Å². The largest absolute Gasteiger partial charge is 0.494 e. The summed E-state index contributed by atoms with van der Waals surface area (Å²) in [6, 6.07) is 8.17. The third kappa shape index (κ3) is 3.04. The van der Waals surface area contributed by atoms with Crippen LogP contribution >= 0.6 is 0 Å². The molecule has 1 aromatic carbocycles. The molecule has 14 heavy (non-hydrogen) atoms. The number of hydrogen-bond acceptors (Lipinski definition) is 2. The zero-order valence-corrected chi connectivity index (χ0v) is 8.99. The average molecular weight is 193 g/mol. The summed E-state index contributed by atoms with van der Waals surface area (Å²) in [5, 5.41) is 0. The number of nitrogens with two attached hydrogens (primary N) is 1. The zero-order chi connectivity index (χ0) is 10.4. The standard InChI is InChI=1S/C12H19NO/c1-3-8-14-11-7-5-6-10(9-11)12(13)4-2/h5-7,9,12H,3-4,8,13H2,1-2H3/t12-/m0/s1. The molecule has 0 aliphatic rings. The molecule has 0 heterocycles. The molecular formula is C12H19NO. The van der Waals surface area contributed by atoms with Gasteiger partial charge >= 0.3 is 0 Å². The lowest BCUT2D eigenvalue weighted by Gasteiger charge is -2.11. The van der Waals surface area contributed by atoms with Crippen LogP contribution in [0.3, 0.4) is 0 Å². The normalized spacial score (nSPS) is 12.5. The van der Waals surface area contributed by atoms with Crippen molar-refractivity contribution in [1.29, 1.82) is 0 Å². The highest BCUT2D eigenvalue weighted by molar-refractivity contribution is 5.30. The first-order valence-electron chi connectivity index (χ1n) is 5.26. The Balaban J connectivity index is 2.68. The summed E-state index contributed by atoms with van der Waals surface area (Å²) in [7, 11) is 0. The molecule has 78 valence electrons. The van der Waals surface area contributed by atoms with E-state index in [1.54, 1.807) is 0 Å². The summed E-state index contributed by atoms with van der Waals surface area (Å²) in [6.07, 6.45) is 1.99. The van der Waals surface area contributed by atoms with Gasteiger partial charge in [0.1, 0.15) is 5.75 Å². The SMILES string of the molecule is CCCOc1cccc([C@@H](N)CC)c1. The molecule has 0 radical (unpaired) electrons. The van der Waals surface area contributed by atoms with Gasteiger partial charge in [0.2, 0.25) is 0 Å². The van der Waals surface area contributed by atoms with Crippen LogP contribution < -0.4 is 10.5 Å². The van der Waals surface area contributed by atoms with Gasteiger partial charge < -0.3 is 10.5 Å². The molecule has 0 aliphatic heterocycles. The average Bonchev–Trinajstić information content (AvgIpc) is 2.25. The van der Waals surface area contributed by atoms with Crippen molar-refractivity contribution in [3.63, 3.8) is 0 Å². The zero-order valence-electron chi connectivity index (χ0n) is 8.99. The summed E-state index contributed by atoms with van der Waals surface area (Å²) < 4.78 is 5.53. The van der Waals surface area contributed by atoms with Gasteiger partial charge in [-0.25, -0.2) is 0 Å². The topological polar surface area (TPSA) is 35.2 Å². The third-order valence-corrected chi connectivity index (χ3v) is 2.20. The first-order chi connectivity index (χ1) is 6.77. The van der Waals surface area contributed by atoms with E-state index in [0.717, 1.165) is 30.8 Å². The summed E-state index contributed by atoms with van der Waals surface area (Å²) in [5.41, 5.74) is 7.09. The highest BCUT2D eigenvalue weighted by Gasteiger charge is 2.03. The van der Waals surface area contributed by atoms with Gasteiger partial charge in [0, 0.05) is 6.04 Å². The Labute approximate surface area is 86.1 Å². The van der Waals surface area contributed by atoms with Crippen LogP contribution in [0.4, 0.5) is 0 Å².